The van der Waals surface area contributed by atoms with Gasteiger partial charge in [0.2, 0.25) is 0 Å². The number of alkyl halides is 1. The zero-order valence-electron chi connectivity index (χ0n) is 8.43. The van der Waals surface area contributed by atoms with Crippen LogP contribution in [0.15, 0.2) is 6.20 Å². The predicted octanol–water partition coefficient (Wildman–Crippen LogP) is 2.09. The lowest BCUT2D eigenvalue weighted by Gasteiger charge is -2.23. The van der Waals surface area contributed by atoms with Crippen molar-refractivity contribution in [3.63, 3.8) is 0 Å². The van der Waals surface area contributed by atoms with Gasteiger partial charge in [-0.05, 0) is 13.3 Å². The first-order chi connectivity index (χ1) is 6.59. The Hall–Kier alpha value is -0.610. The Balaban J connectivity index is 3.20. The van der Waals surface area contributed by atoms with Crippen LogP contribution in [0.25, 0.3) is 0 Å². The van der Waals surface area contributed by atoms with Crippen molar-refractivity contribution in [1.82, 2.24) is 9.78 Å². The summed E-state index contributed by atoms with van der Waals surface area (Å²) in [6.07, 6.45) is 1.76. The van der Waals surface area contributed by atoms with Gasteiger partial charge in [-0.1, -0.05) is 18.5 Å². The van der Waals surface area contributed by atoms with Gasteiger partial charge in [-0.2, -0.15) is 5.10 Å². The Morgan fingerprint density at radius 2 is 2.29 bits per heavy atom. The van der Waals surface area contributed by atoms with Gasteiger partial charge >= 0.3 is 0 Å². The van der Waals surface area contributed by atoms with Crippen LogP contribution < -0.4 is 5.73 Å². The number of aromatic nitrogens is 2. The van der Waals surface area contributed by atoms with E-state index in [9.17, 15) is 4.39 Å². The summed E-state index contributed by atoms with van der Waals surface area (Å²) in [6.45, 7) is 4.15. The first-order valence-corrected chi connectivity index (χ1v) is 5.07. The Morgan fingerprint density at radius 1 is 1.64 bits per heavy atom. The molecule has 0 fully saturated rings. The van der Waals surface area contributed by atoms with Crippen LogP contribution in [0.1, 0.15) is 26.0 Å². The van der Waals surface area contributed by atoms with Crippen LogP contribution in [0.4, 0.5) is 4.39 Å². The predicted molar refractivity (Wildman–Crippen MR) is 55.0 cm³/mol. The molecule has 0 amide bonds. The maximum Gasteiger partial charge on any atom is 0.165 e. The highest BCUT2D eigenvalue weighted by Crippen LogP contribution is 2.33. The highest BCUT2D eigenvalue weighted by atomic mass is 35.5. The minimum Gasteiger partial charge on any atom is -0.327 e. The lowest BCUT2D eigenvalue weighted by Crippen LogP contribution is -2.32. The molecule has 0 saturated heterocycles. The molecule has 1 aromatic heterocycles. The number of nitrogens with two attached hydrogens (primary N) is 1. The maximum absolute atomic E-state index is 14.3. The van der Waals surface area contributed by atoms with Gasteiger partial charge in [-0.25, -0.2) is 4.39 Å². The summed E-state index contributed by atoms with van der Waals surface area (Å²) in [5, 5.41) is 4.33. The van der Waals surface area contributed by atoms with Crippen molar-refractivity contribution in [3.8, 4) is 0 Å². The summed E-state index contributed by atoms with van der Waals surface area (Å²) < 4.78 is 15.8. The Kier molecular flexibility index (Phi) is 3.50. The minimum absolute atomic E-state index is 0.0745. The van der Waals surface area contributed by atoms with Gasteiger partial charge in [-0.15, -0.1) is 0 Å². The van der Waals surface area contributed by atoms with Crippen molar-refractivity contribution in [3.05, 3.63) is 16.9 Å². The maximum atomic E-state index is 14.3. The molecule has 1 rings (SSSR count). The number of rotatable bonds is 4. The average molecular weight is 220 g/mol. The molecule has 1 heterocycles. The van der Waals surface area contributed by atoms with Crippen molar-refractivity contribution >= 4 is 11.6 Å². The Bertz CT molecular complexity index is 307. The lowest BCUT2D eigenvalue weighted by molar-refractivity contribution is 0.154. The van der Waals surface area contributed by atoms with E-state index in [4.69, 9.17) is 17.3 Å². The van der Waals surface area contributed by atoms with Gasteiger partial charge in [-0.3, -0.25) is 4.68 Å². The van der Waals surface area contributed by atoms with E-state index in [0.29, 0.717) is 23.7 Å². The Labute approximate surface area is 88.0 Å². The number of hydrogen-bond acceptors (Lipinski definition) is 2. The van der Waals surface area contributed by atoms with Gasteiger partial charge in [0.1, 0.15) is 0 Å². The Morgan fingerprint density at radius 3 is 2.71 bits per heavy atom. The molecule has 0 aromatic carbocycles. The quantitative estimate of drug-likeness (QED) is 0.843. The summed E-state index contributed by atoms with van der Waals surface area (Å²) in [5.74, 6) is 0. The molecular weight excluding hydrogens is 205 g/mol. The van der Waals surface area contributed by atoms with Crippen LogP contribution in [0.2, 0.25) is 5.02 Å². The summed E-state index contributed by atoms with van der Waals surface area (Å²) in [5.41, 5.74) is 4.26. The minimum atomic E-state index is -1.57. The number of hydrogen-bond donors (Lipinski definition) is 1. The van der Waals surface area contributed by atoms with Crippen LogP contribution in [-0.4, -0.2) is 16.3 Å². The smallest absolute Gasteiger partial charge is 0.165 e. The van der Waals surface area contributed by atoms with Gasteiger partial charge in [0.15, 0.2) is 5.67 Å². The van der Waals surface area contributed by atoms with E-state index in [1.54, 1.807) is 11.6 Å². The fraction of sp³-hybridized carbons (Fsp3) is 0.667. The van der Waals surface area contributed by atoms with Crippen molar-refractivity contribution in [2.75, 3.05) is 6.54 Å². The standard InChI is InChI=1S/C9H15ClFN3/c1-3-9(11,6-12)8-7(10)5-13-14(8)4-2/h5H,3-4,6,12H2,1-2H3. The lowest BCUT2D eigenvalue weighted by atomic mass is 9.99. The van der Waals surface area contributed by atoms with E-state index in [0.717, 1.165) is 0 Å². The molecule has 3 nitrogen and oxygen atoms in total. The van der Waals surface area contributed by atoms with Crippen LogP contribution in [0.3, 0.4) is 0 Å². The van der Waals surface area contributed by atoms with Crippen molar-refractivity contribution in [2.45, 2.75) is 32.5 Å². The van der Waals surface area contributed by atoms with Gasteiger partial charge in [0.25, 0.3) is 0 Å². The second kappa shape index (κ2) is 4.28. The summed E-state index contributed by atoms with van der Waals surface area (Å²) in [4.78, 5) is 0. The molecule has 0 saturated carbocycles. The van der Waals surface area contributed by atoms with E-state index >= 15 is 0 Å². The molecule has 0 aliphatic heterocycles. The molecule has 5 heteroatoms. The molecule has 0 aliphatic rings. The largest absolute Gasteiger partial charge is 0.327 e. The van der Waals surface area contributed by atoms with Crippen LogP contribution in [-0.2, 0) is 12.2 Å². The van der Waals surface area contributed by atoms with Crippen LogP contribution >= 0.6 is 11.6 Å². The van der Waals surface area contributed by atoms with E-state index in [1.165, 1.54) is 6.20 Å². The van der Waals surface area contributed by atoms with E-state index < -0.39 is 5.67 Å². The first kappa shape index (κ1) is 11.5. The summed E-state index contributed by atoms with van der Waals surface area (Å²) in [6, 6.07) is 0. The van der Waals surface area contributed by atoms with E-state index in [1.807, 2.05) is 6.92 Å². The number of aryl methyl sites for hydroxylation is 1. The fourth-order valence-corrected chi connectivity index (χ4v) is 1.77. The molecule has 1 unspecified atom stereocenters. The van der Waals surface area contributed by atoms with Crippen molar-refractivity contribution < 1.29 is 4.39 Å². The molecule has 14 heavy (non-hydrogen) atoms. The van der Waals surface area contributed by atoms with Gasteiger partial charge in [0, 0.05) is 13.1 Å². The molecule has 1 atom stereocenters. The molecule has 0 bridgehead atoms. The molecule has 80 valence electrons. The van der Waals surface area contributed by atoms with Crippen molar-refractivity contribution in [2.24, 2.45) is 5.73 Å². The topological polar surface area (TPSA) is 43.8 Å². The third-order valence-electron chi connectivity index (χ3n) is 2.40. The number of halogens is 2. The average Bonchev–Trinajstić information content (AvgIpc) is 2.59. The molecule has 0 aliphatic carbocycles. The zero-order chi connectivity index (χ0) is 10.8. The third kappa shape index (κ3) is 1.77. The SMILES string of the molecule is CCn1ncc(Cl)c1C(F)(CC)CN. The summed E-state index contributed by atoms with van der Waals surface area (Å²) >= 11 is 5.89. The monoisotopic (exact) mass is 219 g/mol. The second-order valence-electron chi connectivity index (χ2n) is 3.18. The molecule has 1 aromatic rings. The zero-order valence-corrected chi connectivity index (χ0v) is 9.18. The van der Waals surface area contributed by atoms with Gasteiger partial charge in [0.05, 0.1) is 16.9 Å². The molecular formula is C9H15ClFN3. The third-order valence-corrected chi connectivity index (χ3v) is 2.68. The highest BCUT2D eigenvalue weighted by Gasteiger charge is 2.34. The normalized spacial score (nSPS) is 15.5. The summed E-state index contributed by atoms with van der Waals surface area (Å²) in [7, 11) is 0. The molecule has 0 spiro atoms. The van der Waals surface area contributed by atoms with E-state index in [-0.39, 0.29) is 6.54 Å². The number of nitrogens with zero attached hydrogens (tertiary/aromatic N) is 2. The van der Waals surface area contributed by atoms with E-state index in [2.05, 4.69) is 5.10 Å². The second-order valence-corrected chi connectivity index (χ2v) is 3.59. The molecule has 2 N–H and O–H groups in total. The van der Waals surface area contributed by atoms with Gasteiger partial charge < -0.3 is 5.73 Å². The molecule has 0 radical (unpaired) electrons. The van der Waals surface area contributed by atoms with Crippen molar-refractivity contribution in [1.29, 1.82) is 0 Å². The van der Waals surface area contributed by atoms with Crippen LogP contribution in [0, 0.1) is 0 Å². The first-order valence-electron chi connectivity index (χ1n) is 4.69. The van der Waals surface area contributed by atoms with Crippen LogP contribution in [0.5, 0.6) is 0 Å². The highest BCUT2D eigenvalue weighted by molar-refractivity contribution is 6.31. The fourth-order valence-electron chi connectivity index (χ4n) is 1.46.